The summed E-state index contributed by atoms with van der Waals surface area (Å²) in [7, 11) is 0. The van der Waals surface area contributed by atoms with E-state index in [4.69, 9.17) is 10.5 Å². The summed E-state index contributed by atoms with van der Waals surface area (Å²) >= 11 is 0. The zero-order valence-electron chi connectivity index (χ0n) is 7.45. The van der Waals surface area contributed by atoms with Gasteiger partial charge in [-0.05, 0) is 6.42 Å². The lowest BCUT2D eigenvalue weighted by molar-refractivity contribution is -0.125. The minimum absolute atomic E-state index is 0.103. The first kappa shape index (κ1) is 9.48. The van der Waals surface area contributed by atoms with Crippen molar-refractivity contribution in [3.63, 3.8) is 0 Å². The van der Waals surface area contributed by atoms with Crippen LogP contribution in [0.25, 0.3) is 0 Å². The third kappa shape index (κ3) is 2.19. The highest BCUT2D eigenvalue weighted by Crippen LogP contribution is 2.06. The van der Waals surface area contributed by atoms with Gasteiger partial charge in [0.25, 0.3) is 0 Å². The third-order valence-electron chi connectivity index (χ3n) is 2.20. The summed E-state index contributed by atoms with van der Waals surface area (Å²) in [5.41, 5.74) is 5.26. The lowest BCUT2D eigenvalue weighted by Gasteiger charge is -2.31. The lowest BCUT2D eigenvalue weighted by atomic mass is 10.1. The smallest absolute Gasteiger partial charge is 0.234 e. The Hall–Kier alpha value is -0.610. The molecule has 12 heavy (non-hydrogen) atoms. The molecule has 1 saturated heterocycles. The van der Waals surface area contributed by atoms with Crippen molar-refractivity contribution in [2.24, 2.45) is 5.73 Å². The zero-order valence-corrected chi connectivity index (χ0v) is 7.45. The summed E-state index contributed by atoms with van der Waals surface area (Å²) in [5.74, 6) is -0.223. The normalized spacial score (nSPS) is 22.1. The molecule has 0 aromatic rings. The number of nitrogens with two attached hydrogens (primary N) is 1. The summed E-state index contributed by atoms with van der Waals surface area (Å²) in [4.78, 5) is 13.1. The molecule has 0 radical (unpaired) electrons. The van der Waals surface area contributed by atoms with Gasteiger partial charge in [0.2, 0.25) is 5.91 Å². The molecule has 0 bridgehead atoms. The molecule has 0 aliphatic carbocycles. The van der Waals surface area contributed by atoms with Crippen molar-refractivity contribution in [1.29, 1.82) is 0 Å². The van der Waals surface area contributed by atoms with Gasteiger partial charge in [0.15, 0.2) is 0 Å². The van der Waals surface area contributed by atoms with E-state index in [1.165, 1.54) is 0 Å². The molecule has 1 fully saturated rings. The molecule has 0 aromatic heterocycles. The molecular weight excluding hydrogens is 156 g/mol. The molecule has 4 heteroatoms. The molecule has 2 N–H and O–H groups in total. The summed E-state index contributed by atoms with van der Waals surface area (Å²) < 4.78 is 5.18. The fourth-order valence-electron chi connectivity index (χ4n) is 1.53. The molecule has 0 aromatic carbocycles. The number of rotatable bonds is 3. The van der Waals surface area contributed by atoms with E-state index in [2.05, 4.69) is 4.90 Å². The van der Waals surface area contributed by atoms with Crippen molar-refractivity contribution in [3.05, 3.63) is 0 Å². The Balaban J connectivity index is 2.46. The van der Waals surface area contributed by atoms with Gasteiger partial charge in [0.1, 0.15) is 0 Å². The van der Waals surface area contributed by atoms with E-state index in [1.807, 2.05) is 6.92 Å². The fraction of sp³-hybridized carbons (Fsp3) is 0.875. The van der Waals surface area contributed by atoms with Gasteiger partial charge in [-0.1, -0.05) is 6.92 Å². The molecule has 1 rings (SSSR count). The predicted molar refractivity (Wildman–Crippen MR) is 45.7 cm³/mol. The number of hydrogen-bond donors (Lipinski definition) is 1. The van der Waals surface area contributed by atoms with Gasteiger partial charge in [0, 0.05) is 13.1 Å². The van der Waals surface area contributed by atoms with Crippen LogP contribution < -0.4 is 5.73 Å². The molecular formula is C8H16N2O2. The second kappa shape index (κ2) is 4.42. The average Bonchev–Trinajstić information content (AvgIpc) is 2.07. The molecule has 4 nitrogen and oxygen atoms in total. The SMILES string of the molecule is CCC(C(N)=O)N1CCOCC1. The van der Waals surface area contributed by atoms with Gasteiger partial charge < -0.3 is 10.5 Å². The highest BCUT2D eigenvalue weighted by Gasteiger charge is 2.23. The van der Waals surface area contributed by atoms with E-state index < -0.39 is 0 Å². The Bertz CT molecular complexity index is 155. The molecule has 1 aliphatic heterocycles. The van der Waals surface area contributed by atoms with Crippen LogP contribution in [0.2, 0.25) is 0 Å². The van der Waals surface area contributed by atoms with E-state index in [0.29, 0.717) is 13.2 Å². The second-order valence-corrected chi connectivity index (χ2v) is 2.97. The van der Waals surface area contributed by atoms with Crippen LogP contribution in [0.3, 0.4) is 0 Å². The molecule has 1 amide bonds. The number of ether oxygens (including phenoxy) is 1. The first-order valence-corrected chi connectivity index (χ1v) is 4.36. The molecule has 1 atom stereocenters. The topological polar surface area (TPSA) is 55.6 Å². The number of nitrogens with zero attached hydrogens (tertiary/aromatic N) is 1. The van der Waals surface area contributed by atoms with Crippen molar-refractivity contribution in [1.82, 2.24) is 4.90 Å². The van der Waals surface area contributed by atoms with Crippen LogP contribution in [0.5, 0.6) is 0 Å². The van der Waals surface area contributed by atoms with Gasteiger partial charge in [-0.15, -0.1) is 0 Å². The van der Waals surface area contributed by atoms with E-state index in [1.54, 1.807) is 0 Å². The summed E-state index contributed by atoms with van der Waals surface area (Å²) in [6.45, 7) is 5.04. The van der Waals surface area contributed by atoms with E-state index in [9.17, 15) is 4.79 Å². The molecule has 1 aliphatic rings. The molecule has 1 heterocycles. The largest absolute Gasteiger partial charge is 0.379 e. The first-order chi connectivity index (χ1) is 5.75. The van der Waals surface area contributed by atoms with Gasteiger partial charge in [0.05, 0.1) is 19.3 Å². The standard InChI is InChI=1S/C8H16N2O2/c1-2-7(8(9)11)10-3-5-12-6-4-10/h7H,2-6H2,1H3,(H2,9,11). The van der Waals surface area contributed by atoms with Gasteiger partial charge in [-0.2, -0.15) is 0 Å². The molecule has 0 saturated carbocycles. The quantitative estimate of drug-likeness (QED) is 0.629. The molecule has 1 unspecified atom stereocenters. The van der Waals surface area contributed by atoms with Crippen LogP contribution in [0.4, 0.5) is 0 Å². The Morgan fingerprint density at radius 2 is 2.17 bits per heavy atom. The van der Waals surface area contributed by atoms with E-state index in [0.717, 1.165) is 19.5 Å². The van der Waals surface area contributed by atoms with Crippen LogP contribution in [0.15, 0.2) is 0 Å². The molecule has 70 valence electrons. The highest BCUT2D eigenvalue weighted by molar-refractivity contribution is 5.79. The first-order valence-electron chi connectivity index (χ1n) is 4.36. The Labute approximate surface area is 72.7 Å². The van der Waals surface area contributed by atoms with Crippen molar-refractivity contribution in [3.8, 4) is 0 Å². The van der Waals surface area contributed by atoms with Crippen LogP contribution in [-0.2, 0) is 9.53 Å². The minimum Gasteiger partial charge on any atom is -0.379 e. The third-order valence-corrected chi connectivity index (χ3v) is 2.20. The maximum atomic E-state index is 11.0. The van der Waals surface area contributed by atoms with Crippen LogP contribution >= 0.6 is 0 Å². The summed E-state index contributed by atoms with van der Waals surface area (Å²) in [5, 5.41) is 0. The number of carbonyl (C=O) groups excluding carboxylic acids is 1. The number of morpholine rings is 1. The van der Waals surface area contributed by atoms with Crippen molar-refractivity contribution in [2.45, 2.75) is 19.4 Å². The van der Waals surface area contributed by atoms with Crippen molar-refractivity contribution >= 4 is 5.91 Å². The Kier molecular flexibility index (Phi) is 3.49. The van der Waals surface area contributed by atoms with Crippen molar-refractivity contribution in [2.75, 3.05) is 26.3 Å². The average molecular weight is 172 g/mol. The summed E-state index contributed by atoms with van der Waals surface area (Å²) in [6, 6.07) is -0.103. The lowest BCUT2D eigenvalue weighted by Crippen LogP contribution is -2.49. The number of primary amides is 1. The molecule has 0 spiro atoms. The Morgan fingerprint density at radius 3 is 2.58 bits per heavy atom. The predicted octanol–water partition coefficient (Wildman–Crippen LogP) is -0.417. The van der Waals surface area contributed by atoms with Gasteiger partial charge in [-0.3, -0.25) is 9.69 Å². The zero-order chi connectivity index (χ0) is 8.97. The fourth-order valence-corrected chi connectivity index (χ4v) is 1.53. The monoisotopic (exact) mass is 172 g/mol. The maximum Gasteiger partial charge on any atom is 0.234 e. The minimum atomic E-state index is -0.223. The van der Waals surface area contributed by atoms with Crippen LogP contribution in [0, 0.1) is 0 Å². The van der Waals surface area contributed by atoms with Crippen LogP contribution in [-0.4, -0.2) is 43.2 Å². The Morgan fingerprint density at radius 1 is 1.58 bits per heavy atom. The van der Waals surface area contributed by atoms with Crippen molar-refractivity contribution < 1.29 is 9.53 Å². The van der Waals surface area contributed by atoms with Crippen LogP contribution in [0.1, 0.15) is 13.3 Å². The maximum absolute atomic E-state index is 11.0. The van der Waals surface area contributed by atoms with E-state index in [-0.39, 0.29) is 11.9 Å². The number of amides is 1. The number of carbonyl (C=O) groups is 1. The highest BCUT2D eigenvalue weighted by atomic mass is 16.5. The number of hydrogen-bond acceptors (Lipinski definition) is 3. The summed E-state index contributed by atoms with van der Waals surface area (Å²) in [6.07, 6.45) is 0.787. The van der Waals surface area contributed by atoms with Gasteiger partial charge >= 0.3 is 0 Å². The van der Waals surface area contributed by atoms with Gasteiger partial charge in [-0.25, -0.2) is 0 Å². The van der Waals surface area contributed by atoms with E-state index >= 15 is 0 Å². The second-order valence-electron chi connectivity index (χ2n) is 2.97.